The maximum absolute atomic E-state index is 12.0. The summed E-state index contributed by atoms with van der Waals surface area (Å²) in [7, 11) is 1.84. The molecule has 1 rings (SSSR count). The lowest BCUT2D eigenvalue weighted by Crippen LogP contribution is -2.37. The second-order valence-corrected chi connectivity index (χ2v) is 5.30. The Labute approximate surface area is 117 Å². The number of hydrogen-bond donors (Lipinski definition) is 1. The number of hydrogen-bond acceptors (Lipinski definition) is 2. The number of amides is 1. The van der Waals surface area contributed by atoms with E-state index in [1.54, 1.807) is 4.90 Å². The van der Waals surface area contributed by atoms with Gasteiger partial charge >= 0.3 is 0 Å². The third kappa shape index (κ3) is 4.10. The van der Waals surface area contributed by atoms with E-state index in [-0.39, 0.29) is 11.8 Å². The number of halogens is 1. The van der Waals surface area contributed by atoms with Crippen molar-refractivity contribution in [2.24, 2.45) is 11.7 Å². The first-order chi connectivity index (χ1) is 8.60. The van der Waals surface area contributed by atoms with Crippen LogP contribution in [-0.2, 0) is 11.2 Å². The highest BCUT2D eigenvalue weighted by Gasteiger charge is 2.18. The van der Waals surface area contributed by atoms with Gasteiger partial charge in [0.2, 0.25) is 5.91 Å². The SMILES string of the molecule is CCC(CN)C(=O)N(C)CCc1ccccc1Br. The van der Waals surface area contributed by atoms with Crippen LogP contribution in [0.1, 0.15) is 18.9 Å². The third-order valence-electron chi connectivity index (χ3n) is 3.18. The van der Waals surface area contributed by atoms with Crippen molar-refractivity contribution in [1.29, 1.82) is 0 Å². The first-order valence-electron chi connectivity index (χ1n) is 6.28. The molecule has 1 aromatic rings. The summed E-state index contributed by atoms with van der Waals surface area (Å²) < 4.78 is 1.09. The fraction of sp³-hybridized carbons (Fsp3) is 0.500. The molecule has 100 valence electrons. The Morgan fingerprint density at radius 2 is 2.11 bits per heavy atom. The molecule has 1 unspecified atom stereocenters. The lowest BCUT2D eigenvalue weighted by atomic mass is 10.1. The standard InChI is InChI=1S/C14H21BrN2O/c1-3-11(10-16)14(18)17(2)9-8-12-6-4-5-7-13(12)15/h4-7,11H,3,8-10,16H2,1-2H3. The third-order valence-corrected chi connectivity index (χ3v) is 3.95. The van der Waals surface area contributed by atoms with Crippen LogP contribution in [0.2, 0.25) is 0 Å². The van der Waals surface area contributed by atoms with Crippen LogP contribution in [0, 0.1) is 5.92 Å². The molecule has 0 spiro atoms. The van der Waals surface area contributed by atoms with Crippen molar-refractivity contribution in [1.82, 2.24) is 4.90 Å². The molecular weight excluding hydrogens is 292 g/mol. The Morgan fingerprint density at radius 1 is 1.44 bits per heavy atom. The van der Waals surface area contributed by atoms with Crippen LogP contribution in [0.3, 0.4) is 0 Å². The molecule has 1 aromatic carbocycles. The summed E-state index contributed by atoms with van der Waals surface area (Å²) in [5.41, 5.74) is 6.82. The maximum Gasteiger partial charge on any atom is 0.226 e. The summed E-state index contributed by atoms with van der Waals surface area (Å²) in [4.78, 5) is 13.8. The van der Waals surface area contributed by atoms with Gasteiger partial charge in [0, 0.05) is 24.6 Å². The zero-order chi connectivity index (χ0) is 13.5. The van der Waals surface area contributed by atoms with Crippen molar-refractivity contribution in [2.75, 3.05) is 20.1 Å². The van der Waals surface area contributed by atoms with E-state index >= 15 is 0 Å². The van der Waals surface area contributed by atoms with Crippen molar-refractivity contribution in [3.8, 4) is 0 Å². The van der Waals surface area contributed by atoms with Crippen molar-refractivity contribution in [3.05, 3.63) is 34.3 Å². The number of rotatable bonds is 6. The maximum atomic E-state index is 12.0. The van der Waals surface area contributed by atoms with E-state index in [1.165, 1.54) is 5.56 Å². The quantitative estimate of drug-likeness (QED) is 0.877. The molecule has 0 aliphatic carbocycles. The van der Waals surface area contributed by atoms with Gasteiger partial charge in [-0.25, -0.2) is 0 Å². The van der Waals surface area contributed by atoms with Gasteiger partial charge in [0.1, 0.15) is 0 Å². The molecule has 0 radical (unpaired) electrons. The predicted octanol–water partition coefficient (Wildman–Crippen LogP) is 2.43. The summed E-state index contributed by atoms with van der Waals surface area (Å²) in [6.45, 7) is 3.14. The molecule has 0 aliphatic heterocycles. The van der Waals surface area contributed by atoms with E-state index in [2.05, 4.69) is 22.0 Å². The minimum atomic E-state index is -0.0470. The molecule has 4 heteroatoms. The van der Waals surface area contributed by atoms with Gasteiger partial charge in [-0.05, 0) is 24.5 Å². The molecule has 2 N–H and O–H groups in total. The van der Waals surface area contributed by atoms with Crippen LogP contribution in [0.5, 0.6) is 0 Å². The number of carbonyl (C=O) groups excluding carboxylic acids is 1. The summed E-state index contributed by atoms with van der Waals surface area (Å²) >= 11 is 3.52. The summed E-state index contributed by atoms with van der Waals surface area (Å²) in [6, 6.07) is 8.09. The van der Waals surface area contributed by atoms with E-state index < -0.39 is 0 Å². The zero-order valence-corrected chi connectivity index (χ0v) is 12.6. The molecule has 3 nitrogen and oxygen atoms in total. The zero-order valence-electron chi connectivity index (χ0n) is 11.0. The molecule has 1 amide bonds. The second kappa shape index (κ2) is 7.54. The van der Waals surface area contributed by atoms with E-state index in [0.717, 1.165) is 23.9 Å². The van der Waals surface area contributed by atoms with Crippen LogP contribution < -0.4 is 5.73 Å². The average molecular weight is 313 g/mol. The van der Waals surface area contributed by atoms with Crippen molar-refractivity contribution >= 4 is 21.8 Å². The first-order valence-corrected chi connectivity index (χ1v) is 7.07. The van der Waals surface area contributed by atoms with Gasteiger partial charge < -0.3 is 10.6 Å². The largest absolute Gasteiger partial charge is 0.345 e. The van der Waals surface area contributed by atoms with Gasteiger partial charge in [0.05, 0.1) is 5.92 Å². The Kier molecular flexibility index (Phi) is 6.36. The highest BCUT2D eigenvalue weighted by molar-refractivity contribution is 9.10. The minimum Gasteiger partial charge on any atom is -0.345 e. The molecule has 0 aliphatic rings. The fourth-order valence-corrected chi connectivity index (χ4v) is 2.34. The van der Waals surface area contributed by atoms with Gasteiger partial charge in [-0.2, -0.15) is 0 Å². The predicted molar refractivity (Wildman–Crippen MR) is 78.3 cm³/mol. The number of likely N-dealkylation sites (N-methyl/N-ethyl adjacent to an activating group) is 1. The lowest BCUT2D eigenvalue weighted by molar-refractivity contribution is -0.133. The van der Waals surface area contributed by atoms with E-state index in [9.17, 15) is 4.79 Å². The Balaban J connectivity index is 2.53. The molecule has 1 atom stereocenters. The van der Waals surface area contributed by atoms with Gasteiger partial charge in [0.15, 0.2) is 0 Å². The molecule has 18 heavy (non-hydrogen) atoms. The molecule has 0 aromatic heterocycles. The number of carbonyl (C=O) groups is 1. The Morgan fingerprint density at radius 3 is 2.67 bits per heavy atom. The highest BCUT2D eigenvalue weighted by Crippen LogP contribution is 2.16. The summed E-state index contributed by atoms with van der Waals surface area (Å²) in [6.07, 6.45) is 1.65. The smallest absolute Gasteiger partial charge is 0.226 e. The van der Waals surface area contributed by atoms with Crippen LogP contribution in [-0.4, -0.2) is 30.9 Å². The lowest BCUT2D eigenvalue weighted by Gasteiger charge is -2.22. The highest BCUT2D eigenvalue weighted by atomic mass is 79.9. The number of nitrogens with zero attached hydrogens (tertiary/aromatic N) is 1. The molecule has 0 fully saturated rings. The normalized spacial score (nSPS) is 12.2. The van der Waals surface area contributed by atoms with Crippen molar-refractivity contribution in [3.63, 3.8) is 0 Å². The van der Waals surface area contributed by atoms with Crippen molar-refractivity contribution < 1.29 is 4.79 Å². The Hall–Kier alpha value is -0.870. The monoisotopic (exact) mass is 312 g/mol. The molecule has 0 heterocycles. The molecule has 0 saturated carbocycles. The minimum absolute atomic E-state index is 0.0470. The molecule has 0 bridgehead atoms. The van der Waals surface area contributed by atoms with Gasteiger partial charge in [-0.1, -0.05) is 41.1 Å². The van der Waals surface area contributed by atoms with Gasteiger partial charge in [-0.3, -0.25) is 4.79 Å². The molecular formula is C14H21BrN2O. The van der Waals surface area contributed by atoms with Crippen LogP contribution in [0.4, 0.5) is 0 Å². The van der Waals surface area contributed by atoms with E-state index in [1.807, 2.05) is 32.2 Å². The first kappa shape index (κ1) is 15.2. The van der Waals surface area contributed by atoms with Crippen LogP contribution >= 0.6 is 15.9 Å². The average Bonchev–Trinajstić information content (AvgIpc) is 2.38. The van der Waals surface area contributed by atoms with E-state index in [4.69, 9.17) is 5.73 Å². The van der Waals surface area contributed by atoms with Crippen LogP contribution in [0.15, 0.2) is 28.7 Å². The second-order valence-electron chi connectivity index (χ2n) is 4.44. The molecule has 0 saturated heterocycles. The van der Waals surface area contributed by atoms with Crippen molar-refractivity contribution in [2.45, 2.75) is 19.8 Å². The topological polar surface area (TPSA) is 46.3 Å². The van der Waals surface area contributed by atoms with Gasteiger partial charge in [0.25, 0.3) is 0 Å². The Bertz CT molecular complexity index is 391. The number of benzene rings is 1. The summed E-state index contributed by atoms with van der Waals surface area (Å²) in [5, 5.41) is 0. The van der Waals surface area contributed by atoms with Gasteiger partial charge in [-0.15, -0.1) is 0 Å². The van der Waals surface area contributed by atoms with Crippen LogP contribution in [0.25, 0.3) is 0 Å². The number of nitrogens with two attached hydrogens (primary N) is 1. The van der Waals surface area contributed by atoms with E-state index in [0.29, 0.717) is 6.54 Å². The fourth-order valence-electron chi connectivity index (χ4n) is 1.85. The summed E-state index contributed by atoms with van der Waals surface area (Å²) in [5.74, 6) is 0.0984.